The zero-order valence-electron chi connectivity index (χ0n) is 22.7. The van der Waals surface area contributed by atoms with E-state index >= 15 is 0 Å². The van der Waals surface area contributed by atoms with Crippen LogP contribution in [0.3, 0.4) is 0 Å². The molecule has 2 N–H and O–H groups in total. The van der Waals surface area contributed by atoms with Crippen LogP contribution in [0.4, 0.5) is 5.69 Å². The largest absolute Gasteiger partial charge is 0.478 e. The van der Waals surface area contributed by atoms with Crippen LogP contribution in [0.15, 0.2) is 56.1 Å². The average Bonchev–Trinajstić information content (AvgIpc) is 3.28. The lowest BCUT2D eigenvalue weighted by molar-refractivity contribution is -0.154. The third kappa shape index (κ3) is 7.92. The van der Waals surface area contributed by atoms with Gasteiger partial charge < -0.3 is 23.6 Å². The first-order chi connectivity index (χ1) is 19.2. The van der Waals surface area contributed by atoms with Crippen molar-refractivity contribution in [2.24, 2.45) is 0 Å². The van der Waals surface area contributed by atoms with Gasteiger partial charge in [-0.25, -0.2) is 14.6 Å². The van der Waals surface area contributed by atoms with Gasteiger partial charge in [0.25, 0.3) is 10.1 Å². The molecule has 41 heavy (non-hydrogen) atoms. The average molecular weight is 587 g/mol. The number of oxazole rings is 1. The van der Waals surface area contributed by atoms with Crippen molar-refractivity contribution in [2.45, 2.75) is 45.6 Å². The van der Waals surface area contributed by atoms with E-state index in [-0.39, 0.29) is 53.5 Å². The van der Waals surface area contributed by atoms with E-state index in [1.807, 2.05) is 4.90 Å². The molecule has 0 saturated carbocycles. The normalized spacial score (nSPS) is 12.1. The number of carboxylic acid groups (broad SMARTS) is 1. The Kier molecular flexibility index (Phi) is 8.50. The van der Waals surface area contributed by atoms with Crippen LogP contribution in [0.5, 0.6) is 0 Å². The molecule has 2 aromatic carbocycles. The highest BCUT2D eigenvalue weighted by atomic mass is 32.2. The van der Waals surface area contributed by atoms with Crippen LogP contribution in [0.2, 0.25) is 0 Å². The van der Waals surface area contributed by atoms with Gasteiger partial charge in [0.05, 0.1) is 11.3 Å². The minimum absolute atomic E-state index is 0.0174. The molecule has 218 valence electrons. The predicted molar refractivity (Wildman–Crippen MR) is 151 cm³/mol. The molecular weight excluding hydrogens is 556 g/mol. The number of carbonyl (C=O) groups excluding carboxylic acids is 1. The molecule has 12 nitrogen and oxygen atoms in total. The molecule has 0 aliphatic carbocycles. The summed E-state index contributed by atoms with van der Waals surface area (Å²) in [6.07, 6.45) is 0.701. The molecule has 13 heteroatoms. The molecule has 0 fully saturated rings. The number of fused-ring (bicyclic) bond motifs is 2. The van der Waals surface area contributed by atoms with E-state index in [1.54, 1.807) is 45.0 Å². The summed E-state index contributed by atoms with van der Waals surface area (Å²) in [4.78, 5) is 42.4. The number of ether oxygens (including phenoxy) is 1. The molecule has 0 aliphatic rings. The minimum atomic E-state index is -4.15. The zero-order valence-corrected chi connectivity index (χ0v) is 23.6. The third-order valence-electron chi connectivity index (χ3n) is 6.01. The summed E-state index contributed by atoms with van der Waals surface area (Å²) >= 11 is 0. The zero-order chi connectivity index (χ0) is 29.9. The Morgan fingerprint density at radius 2 is 1.73 bits per heavy atom. The summed E-state index contributed by atoms with van der Waals surface area (Å²) < 4.78 is 48.2. The first kappa shape index (κ1) is 29.7. The van der Waals surface area contributed by atoms with Gasteiger partial charge in [0, 0.05) is 36.7 Å². The smallest absolute Gasteiger partial charge is 0.349 e. The lowest BCUT2D eigenvalue weighted by Crippen LogP contribution is -2.28. The number of hydrogen-bond acceptors (Lipinski definition) is 10. The van der Waals surface area contributed by atoms with Crippen molar-refractivity contribution in [1.29, 1.82) is 0 Å². The number of esters is 1. The van der Waals surface area contributed by atoms with E-state index in [9.17, 15) is 27.9 Å². The number of aromatic carboxylic acids is 1. The van der Waals surface area contributed by atoms with E-state index in [2.05, 4.69) is 4.98 Å². The highest BCUT2D eigenvalue weighted by molar-refractivity contribution is 7.85. The summed E-state index contributed by atoms with van der Waals surface area (Å²) in [6.45, 7) is 5.96. The predicted octanol–water partition coefficient (Wildman–Crippen LogP) is 4.51. The first-order valence-electron chi connectivity index (χ1n) is 12.8. The van der Waals surface area contributed by atoms with Gasteiger partial charge in [-0.3, -0.25) is 9.35 Å². The van der Waals surface area contributed by atoms with Gasteiger partial charge in [-0.2, -0.15) is 8.42 Å². The maximum absolute atomic E-state index is 12.9. The van der Waals surface area contributed by atoms with Gasteiger partial charge in [-0.05, 0) is 70.0 Å². The second-order valence-corrected chi connectivity index (χ2v) is 12.1. The molecule has 0 bridgehead atoms. The quantitative estimate of drug-likeness (QED) is 0.143. The fraction of sp³-hybridized carbons (Fsp3) is 0.357. The fourth-order valence-electron chi connectivity index (χ4n) is 4.24. The Hall–Kier alpha value is -4.23. The maximum Gasteiger partial charge on any atom is 0.349 e. The Bertz CT molecular complexity index is 1770. The first-order valence-corrected chi connectivity index (χ1v) is 14.4. The van der Waals surface area contributed by atoms with Crippen LogP contribution in [0.25, 0.3) is 33.5 Å². The van der Waals surface area contributed by atoms with Crippen LogP contribution in [-0.2, 0) is 19.6 Å². The van der Waals surface area contributed by atoms with Gasteiger partial charge in [-0.15, -0.1) is 0 Å². The Morgan fingerprint density at radius 3 is 2.41 bits per heavy atom. The molecule has 0 spiro atoms. The van der Waals surface area contributed by atoms with Gasteiger partial charge in [0.15, 0.2) is 5.58 Å². The van der Waals surface area contributed by atoms with E-state index < -0.39 is 33.1 Å². The molecule has 4 rings (SSSR count). The number of rotatable bonds is 11. The van der Waals surface area contributed by atoms with Crippen molar-refractivity contribution in [2.75, 3.05) is 23.7 Å². The summed E-state index contributed by atoms with van der Waals surface area (Å²) in [5, 5.41) is 9.76. The molecule has 0 amide bonds. The number of anilines is 1. The van der Waals surface area contributed by atoms with E-state index in [1.165, 1.54) is 18.2 Å². The standard InChI is InChI=1S/C28H30N2O10S/c1-28(2,3)40-24(31)6-4-11-30(12-5-13-41(35,36)37)19-9-7-17-14-20(27(34)39-23(17)16-19)25-29-21-15-18(26(32)33)8-10-22(21)38-25/h7-10,14-16H,4-6,11-13H2,1-3H3,(H,32,33)(H,35,36,37). The van der Waals surface area contributed by atoms with E-state index in [0.29, 0.717) is 29.6 Å². The van der Waals surface area contributed by atoms with Crippen LogP contribution >= 0.6 is 0 Å². The van der Waals surface area contributed by atoms with Crippen LogP contribution in [0.1, 0.15) is 50.4 Å². The van der Waals surface area contributed by atoms with Crippen molar-refractivity contribution < 1.29 is 41.2 Å². The Morgan fingerprint density at radius 1 is 1.00 bits per heavy atom. The molecule has 2 heterocycles. The SMILES string of the molecule is CC(C)(C)OC(=O)CCCN(CCCS(=O)(=O)O)c1ccc2cc(-c3nc4cc(C(=O)O)ccc4o3)c(=O)oc2c1. The molecule has 0 unspecified atom stereocenters. The summed E-state index contributed by atoms with van der Waals surface area (Å²) in [7, 11) is -4.15. The molecule has 0 aliphatic heterocycles. The maximum atomic E-state index is 12.9. The summed E-state index contributed by atoms with van der Waals surface area (Å²) in [5.74, 6) is -1.92. The van der Waals surface area contributed by atoms with Gasteiger partial charge in [-0.1, -0.05) is 0 Å². The molecule has 0 saturated heterocycles. The van der Waals surface area contributed by atoms with Crippen LogP contribution in [-0.4, -0.2) is 59.4 Å². The van der Waals surface area contributed by atoms with Crippen LogP contribution < -0.4 is 10.5 Å². The van der Waals surface area contributed by atoms with Crippen LogP contribution in [0, 0.1) is 0 Å². The van der Waals surface area contributed by atoms with Gasteiger partial charge in [0.2, 0.25) is 5.89 Å². The van der Waals surface area contributed by atoms with Crippen molar-refractivity contribution in [3.8, 4) is 11.5 Å². The molecular formula is C28H30N2O10S. The number of hydrogen-bond donors (Lipinski definition) is 2. The van der Waals surface area contributed by atoms with Crippen molar-refractivity contribution >= 4 is 49.8 Å². The summed E-state index contributed by atoms with van der Waals surface area (Å²) in [6, 6.07) is 10.8. The number of carboxylic acids is 1. The highest BCUT2D eigenvalue weighted by Crippen LogP contribution is 2.28. The lowest BCUT2D eigenvalue weighted by atomic mass is 10.1. The van der Waals surface area contributed by atoms with Crippen molar-refractivity contribution in [3.05, 3.63) is 58.4 Å². The topological polar surface area (TPSA) is 177 Å². The second-order valence-electron chi connectivity index (χ2n) is 10.5. The lowest BCUT2D eigenvalue weighted by Gasteiger charge is -2.25. The third-order valence-corrected chi connectivity index (χ3v) is 6.81. The number of carbonyl (C=O) groups is 2. The molecule has 2 aromatic heterocycles. The van der Waals surface area contributed by atoms with Gasteiger partial charge in [0.1, 0.15) is 22.3 Å². The molecule has 0 atom stereocenters. The number of benzene rings is 2. The van der Waals surface area contributed by atoms with E-state index in [0.717, 1.165) is 0 Å². The van der Waals surface area contributed by atoms with Crippen molar-refractivity contribution in [1.82, 2.24) is 4.98 Å². The Balaban J connectivity index is 1.59. The van der Waals surface area contributed by atoms with Crippen molar-refractivity contribution in [3.63, 3.8) is 0 Å². The number of nitrogens with zero attached hydrogens (tertiary/aromatic N) is 2. The second kappa shape index (κ2) is 11.7. The van der Waals surface area contributed by atoms with Gasteiger partial charge >= 0.3 is 17.6 Å². The summed E-state index contributed by atoms with van der Waals surface area (Å²) in [5.41, 5.74) is 0.225. The fourth-order valence-corrected chi connectivity index (χ4v) is 4.73. The molecule has 0 radical (unpaired) electrons. The Labute approximate surface area is 235 Å². The van der Waals surface area contributed by atoms with E-state index in [4.69, 9.17) is 18.1 Å². The highest BCUT2D eigenvalue weighted by Gasteiger charge is 2.19. The minimum Gasteiger partial charge on any atom is -0.478 e. The molecule has 4 aromatic rings. The number of aromatic nitrogens is 1. The monoisotopic (exact) mass is 586 g/mol.